The lowest BCUT2D eigenvalue weighted by Crippen LogP contribution is -2.39. The number of rotatable bonds is 2. The van der Waals surface area contributed by atoms with E-state index in [1.165, 1.54) is 17.5 Å². The highest BCUT2D eigenvalue weighted by atomic mass is 16.1. The lowest BCUT2D eigenvalue weighted by molar-refractivity contribution is 0.0702. The second kappa shape index (κ2) is 4.56. The Morgan fingerprint density at radius 1 is 1.29 bits per heavy atom. The number of carbonyl (C=O) groups excluding carboxylic acids is 1. The van der Waals surface area contributed by atoms with Crippen molar-refractivity contribution in [3.63, 3.8) is 0 Å². The van der Waals surface area contributed by atoms with Gasteiger partial charge < -0.3 is 0 Å². The minimum Gasteiger partial charge on any atom is -0.294 e. The van der Waals surface area contributed by atoms with E-state index in [9.17, 15) is 4.79 Å². The maximum atomic E-state index is 13.1. The maximum absolute atomic E-state index is 13.1. The van der Waals surface area contributed by atoms with Gasteiger partial charge in [0.1, 0.15) is 0 Å². The Balaban J connectivity index is 1.68. The number of allylic oxidation sites excluding steroid dienone is 2. The van der Waals surface area contributed by atoms with Crippen LogP contribution in [0.4, 0.5) is 0 Å². The molecule has 21 heavy (non-hydrogen) atoms. The molecule has 2 bridgehead atoms. The van der Waals surface area contributed by atoms with Gasteiger partial charge in [-0.15, -0.1) is 0 Å². The molecule has 0 N–H and O–H groups in total. The lowest BCUT2D eigenvalue weighted by Gasteiger charge is -2.38. The number of Topliss-reactive ketones (excluding diaryl/α,β-unsaturated/α-hetero) is 1. The minimum absolute atomic E-state index is 0.0496. The molecule has 1 spiro atoms. The van der Waals surface area contributed by atoms with E-state index in [1.54, 1.807) is 0 Å². The van der Waals surface area contributed by atoms with Crippen LogP contribution in [0, 0.1) is 23.2 Å². The zero-order chi connectivity index (χ0) is 14.6. The highest BCUT2D eigenvalue weighted by molar-refractivity contribution is 6.03. The minimum atomic E-state index is -0.0496. The van der Waals surface area contributed by atoms with E-state index in [0.717, 1.165) is 31.2 Å². The molecule has 1 fully saturated rings. The summed E-state index contributed by atoms with van der Waals surface area (Å²) >= 11 is 0. The smallest absolute Gasteiger partial charge is 0.169 e. The highest BCUT2D eigenvalue weighted by Crippen LogP contribution is 2.57. The number of ketones is 1. The molecule has 4 rings (SSSR count). The van der Waals surface area contributed by atoms with Gasteiger partial charge in [0.05, 0.1) is 0 Å². The van der Waals surface area contributed by atoms with Crippen LogP contribution in [0.5, 0.6) is 0 Å². The predicted octanol–water partition coefficient (Wildman–Crippen LogP) is 4.60. The van der Waals surface area contributed by atoms with Crippen LogP contribution in [0.25, 0.3) is 0 Å². The first-order valence-corrected chi connectivity index (χ1v) is 8.43. The van der Waals surface area contributed by atoms with Crippen LogP contribution >= 0.6 is 0 Å². The molecule has 1 aromatic rings. The van der Waals surface area contributed by atoms with Crippen LogP contribution < -0.4 is 0 Å². The summed E-state index contributed by atoms with van der Waals surface area (Å²) in [5.41, 5.74) is 3.66. The molecule has 1 heteroatoms. The molecular formula is C20H24O. The lowest BCUT2D eigenvalue weighted by atomic mass is 9.63. The van der Waals surface area contributed by atoms with Gasteiger partial charge in [-0.05, 0) is 61.0 Å². The zero-order valence-electron chi connectivity index (χ0n) is 13.1. The third-order valence-electron chi connectivity index (χ3n) is 5.86. The van der Waals surface area contributed by atoms with E-state index in [-0.39, 0.29) is 5.41 Å². The molecule has 3 atom stereocenters. The van der Waals surface area contributed by atoms with Gasteiger partial charge in [-0.1, -0.05) is 44.2 Å². The number of carbonyl (C=O) groups is 1. The maximum Gasteiger partial charge on any atom is 0.169 e. The van der Waals surface area contributed by atoms with Crippen LogP contribution in [-0.4, -0.2) is 5.78 Å². The van der Waals surface area contributed by atoms with Crippen molar-refractivity contribution >= 4 is 5.78 Å². The van der Waals surface area contributed by atoms with Crippen LogP contribution in [0.2, 0.25) is 0 Å². The molecule has 3 unspecified atom stereocenters. The number of aryl methyl sites for hydroxylation is 1. The molecule has 3 aliphatic rings. The Bertz CT molecular complexity index is 625. The average Bonchev–Trinajstić information content (AvgIpc) is 3.04. The molecule has 1 nitrogen and oxygen atoms in total. The Morgan fingerprint density at radius 2 is 2.14 bits per heavy atom. The van der Waals surface area contributed by atoms with Crippen molar-refractivity contribution in [3.8, 4) is 0 Å². The van der Waals surface area contributed by atoms with Gasteiger partial charge >= 0.3 is 0 Å². The van der Waals surface area contributed by atoms with E-state index in [2.05, 4.69) is 44.2 Å². The summed E-state index contributed by atoms with van der Waals surface area (Å²) in [4.78, 5) is 13.1. The molecular weight excluding hydrogens is 256 g/mol. The molecule has 1 aromatic carbocycles. The van der Waals surface area contributed by atoms with E-state index >= 15 is 0 Å². The molecule has 110 valence electrons. The molecule has 0 saturated heterocycles. The summed E-state index contributed by atoms with van der Waals surface area (Å²) in [7, 11) is 0. The first-order valence-electron chi connectivity index (χ1n) is 8.43. The Morgan fingerprint density at radius 3 is 2.81 bits per heavy atom. The van der Waals surface area contributed by atoms with Gasteiger partial charge in [-0.25, -0.2) is 0 Å². The monoisotopic (exact) mass is 280 g/mol. The van der Waals surface area contributed by atoms with Crippen molar-refractivity contribution < 1.29 is 4.79 Å². The van der Waals surface area contributed by atoms with Gasteiger partial charge in [0, 0.05) is 11.0 Å². The van der Waals surface area contributed by atoms with Crippen molar-refractivity contribution in [2.45, 2.75) is 46.0 Å². The summed E-state index contributed by atoms with van der Waals surface area (Å²) in [5, 5.41) is 0. The average molecular weight is 280 g/mol. The quantitative estimate of drug-likeness (QED) is 0.724. The first-order chi connectivity index (χ1) is 10.1. The summed E-state index contributed by atoms with van der Waals surface area (Å²) in [6, 6.07) is 6.59. The number of hydrogen-bond acceptors (Lipinski definition) is 1. The van der Waals surface area contributed by atoms with Crippen molar-refractivity contribution in [3.05, 3.63) is 47.0 Å². The van der Waals surface area contributed by atoms with Crippen molar-refractivity contribution in [1.82, 2.24) is 0 Å². The third kappa shape index (κ3) is 1.93. The summed E-state index contributed by atoms with van der Waals surface area (Å²) < 4.78 is 0. The van der Waals surface area contributed by atoms with Gasteiger partial charge in [0.2, 0.25) is 0 Å². The van der Waals surface area contributed by atoms with Gasteiger partial charge in [0.15, 0.2) is 5.78 Å². The molecule has 0 radical (unpaired) electrons. The number of fused-ring (bicyclic) bond motifs is 4. The van der Waals surface area contributed by atoms with Crippen LogP contribution in [0.15, 0.2) is 30.4 Å². The van der Waals surface area contributed by atoms with Crippen molar-refractivity contribution in [2.24, 2.45) is 23.2 Å². The molecule has 0 aliphatic heterocycles. The standard InChI is InChI=1S/C20H24O/c1-13(2)9-14-4-6-18-16(10-14)7-8-20(19(18)21)12-15-3-5-17(20)11-15/h3-6,10,13,15,17H,7-9,11-12H2,1-2H3. The number of benzene rings is 1. The summed E-state index contributed by atoms with van der Waals surface area (Å²) in [6.45, 7) is 4.50. The molecule has 0 amide bonds. The van der Waals surface area contributed by atoms with Gasteiger partial charge in [0.25, 0.3) is 0 Å². The van der Waals surface area contributed by atoms with E-state index in [4.69, 9.17) is 0 Å². The van der Waals surface area contributed by atoms with Gasteiger partial charge in [-0.3, -0.25) is 4.79 Å². The second-order valence-electron chi connectivity index (χ2n) is 7.77. The summed E-state index contributed by atoms with van der Waals surface area (Å²) in [5.74, 6) is 2.29. The second-order valence-corrected chi connectivity index (χ2v) is 7.77. The molecule has 0 heterocycles. The zero-order valence-corrected chi connectivity index (χ0v) is 13.1. The fourth-order valence-corrected chi connectivity index (χ4v) is 4.92. The van der Waals surface area contributed by atoms with E-state index in [1.807, 2.05) is 0 Å². The Labute approximate surface area is 127 Å². The Kier molecular flexibility index (Phi) is 2.89. The van der Waals surface area contributed by atoms with Crippen molar-refractivity contribution in [1.29, 1.82) is 0 Å². The van der Waals surface area contributed by atoms with E-state index in [0.29, 0.717) is 23.5 Å². The molecule has 1 saturated carbocycles. The van der Waals surface area contributed by atoms with Crippen LogP contribution in [-0.2, 0) is 12.8 Å². The fourth-order valence-electron chi connectivity index (χ4n) is 4.92. The predicted molar refractivity (Wildman–Crippen MR) is 85.4 cm³/mol. The Hall–Kier alpha value is -1.37. The van der Waals surface area contributed by atoms with E-state index < -0.39 is 0 Å². The SMILES string of the molecule is CC(C)Cc1ccc2c(c1)CCC1(CC3C=CC1C3)C2=O. The summed E-state index contributed by atoms with van der Waals surface area (Å²) in [6.07, 6.45) is 10.2. The molecule has 3 aliphatic carbocycles. The topological polar surface area (TPSA) is 17.1 Å². The third-order valence-corrected chi connectivity index (χ3v) is 5.86. The number of hydrogen-bond donors (Lipinski definition) is 0. The van der Waals surface area contributed by atoms with Crippen LogP contribution in [0.3, 0.4) is 0 Å². The highest BCUT2D eigenvalue weighted by Gasteiger charge is 2.54. The fraction of sp³-hybridized carbons (Fsp3) is 0.550. The molecule has 0 aromatic heterocycles. The normalized spacial score (nSPS) is 33.2. The van der Waals surface area contributed by atoms with Crippen molar-refractivity contribution in [2.75, 3.05) is 0 Å². The van der Waals surface area contributed by atoms with Gasteiger partial charge in [-0.2, -0.15) is 0 Å². The van der Waals surface area contributed by atoms with Crippen LogP contribution in [0.1, 0.15) is 54.6 Å². The first kappa shape index (κ1) is 13.3. The largest absolute Gasteiger partial charge is 0.294 e.